The van der Waals surface area contributed by atoms with Crippen LogP contribution in [0.1, 0.15) is 27.3 Å². The maximum absolute atomic E-state index is 12.1. The van der Waals surface area contributed by atoms with Crippen LogP contribution in [0.4, 0.5) is 0 Å². The Morgan fingerprint density at radius 3 is 2.61 bits per heavy atom. The first-order valence-corrected chi connectivity index (χ1v) is 6.14. The highest BCUT2D eigenvalue weighted by atomic mass is 35.5. The van der Waals surface area contributed by atoms with Crippen molar-refractivity contribution < 1.29 is 4.79 Å². The zero-order valence-corrected chi connectivity index (χ0v) is 11.5. The number of hydrogen-bond donors (Lipinski definition) is 0. The lowest BCUT2D eigenvalue weighted by Gasteiger charge is -2.04. The van der Waals surface area contributed by atoms with Crippen LogP contribution in [0, 0.1) is 13.8 Å². The lowest BCUT2D eigenvalue weighted by Crippen LogP contribution is -2.08. The standard InChI is InChI=1S/C14H15ClN2O/c1-9-4-5-11(7-13(9)15)14(18)8-12-6-10(2)16-17(12)3/h4-7H,8H2,1-3H3. The fourth-order valence-corrected chi connectivity index (χ4v) is 2.04. The molecule has 0 radical (unpaired) electrons. The molecule has 94 valence electrons. The van der Waals surface area contributed by atoms with Gasteiger partial charge in [0.15, 0.2) is 5.78 Å². The number of Topliss-reactive ketones (excluding diaryl/α,β-unsaturated/α-hetero) is 1. The molecule has 1 heterocycles. The van der Waals surface area contributed by atoms with Gasteiger partial charge < -0.3 is 0 Å². The van der Waals surface area contributed by atoms with Gasteiger partial charge in [-0.3, -0.25) is 9.48 Å². The number of nitrogens with zero attached hydrogens (tertiary/aromatic N) is 2. The van der Waals surface area contributed by atoms with Crippen molar-refractivity contribution in [1.82, 2.24) is 9.78 Å². The average Bonchev–Trinajstić information content (AvgIpc) is 2.61. The van der Waals surface area contributed by atoms with Gasteiger partial charge in [-0.15, -0.1) is 0 Å². The molecule has 0 aliphatic carbocycles. The molecule has 18 heavy (non-hydrogen) atoms. The second-order valence-corrected chi connectivity index (χ2v) is 4.87. The summed E-state index contributed by atoms with van der Waals surface area (Å²) in [6, 6.07) is 7.33. The predicted molar refractivity (Wildman–Crippen MR) is 72.2 cm³/mol. The topological polar surface area (TPSA) is 34.9 Å². The number of hydrogen-bond acceptors (Lipinski definition) is 2. The maximum Gasteiger partial charge on any atom is 0.168 e. The molecular weight excluding hydrogens is 248 g/mol. The minimum Gasteiger partial charge on any atom is -0.294 e. The number of rotatable bonds is 3. The zero-order chi connectivity index (χ0) is 13.3. The van der Waals surface area contributed by atoms with E-state index in [4.69, 9.17) is 11.6 Å². The van der Waals surface area contributed by atoms with Crippen molar-refractivity contribution in [2.24, 2.45) is 7.05 Å². The highest BCUT2D eigenvalue weighted by Gasteiger charge is 2.11. The second kappa shape index (κ2) is 4.94. The second-order valence-electron chi connectivity index (χ2n) is 4.46. The van der Waals surface area contributed by atoms with Gasteiger partial charge in [0.25, 0.3) is 0 Å². The van der Waals surface area contributed by atoms with Gasteiger partial charge in [-0.25, -0.2) is 0 Å². The van der Waals surface area contributed by atoms with E-state index in [0.717, 1.165) is 17.0 Å². The van der Waals surface area contributed by atoms with Gasteiger partial charge in [-0.1, -0.05) is 23.7 Å². The van der Waals surface area contributed by atoms with Crippen molar-refractivity contribution in [3.05, 3.63) is 51.8 Å². The SMILES string of the molecule is Cc1cc(CC(=O)c2ccc(C)c(Cl)c2)n(C)n1. The molecule has 4 heteroatoms. The fourth-order valence-electron chi connectivity index (χ4n) is 1.86. The maximum atomic E-state index is 12.1. The van der Waals surface area contributed by atoms with Crippen molar-refractivity contribution in [3.63, 3.8) is 0 Å². The highest BCUT2D eigenvalue weighted by Crippen LogP contribution is 2.18. The number of carbonyl (C=O) groups is 1. The van der Waals surface area contributed by atoms with Gasteiger partial charge >= 0.3 is 0 Å². The number of halogens is 1. The summed E-state index contributed by atoms with van der Waals surface area (Å²) in [6.45, 7) is 3.83. The van der Waals surface area contributed by atoms with Crippen molar-refractivity contribution in [1.29, 1.82) is 0 Å². The molecule has 0 bridgehead atoms. The third kappa shape index (κ3) is 2.62. The molecule has 3 nitrogen and oxygen atoms in total. The van der Waals surface area contributed by atoms with Crippen LogP contribution in [0.5, 0.6) is 0 Å². The molecule has 0 unspecified atom stereocenters. The number of benzene rings is 1. The summed E-state index contributed by atoms with van der Waals surface area (Å²) in [4.78, 5) is 12.1. The Hall–Kier alpha value is -1.61. The monoisotopic (exact) mass is 262 g/mol. The molecule has 0 atom stereocenters. The van der Waals surface area contributed by atoms with Crippen LogP contribution in [0.2, 0.25) is 5.02 Å². The minimum absolute atomic E-state index is 0.0555. The van der Waals surface area contributed by atoms with E-state index in [9.17, 15) is 4.79 Å². The van der Waals surface area contributed by atoms with Gasteiger partial charge in [0.2, 0.25) is 0 Å². The lowest BCUT2D eigenvalue weighted by molar-refractivity contribution is 0.0991. The fraction of sp³-hybridized carbons (Fsp3) is 0.286. The summed E-state index contributed by atoms with van der Waals surface area (Å²) in [6.07, 6.45) is 0.344. The quantitative estimate of drug-likeness (QED) is 0.797. The third-order valence-electron chi connectivity index (χ3n) is 2.93. The smallest absolute Gasteiger partial charge is 0.168 e. The first-order valence-electron chi connectivity index (χ1n) is 5.76. The van der Waals surface area contributed by atoms with Gasteiger partial charge in [0, 0.05) is 23.3 Å². The number of ketones is 1. The molecule has 0 aliphatic heterocycles. The number of aromatic nitrogens is 2. The third-order valence-corrected chi connectivity index (χ3v) is 3.34. The molecule has 1 aromatic heterocycles. The minimum atomic E-state index is 0.0555. The van der Waals surface area contributed by atoms with E-state index in [1.807, 2.05) is 39.1 Å². The zero-order valence-electron chi connectivity index (χ0n) is 10.7. The Labute approximate surface area is 111 Å². The van der Waals surface area contributed by atoms with E-state index in [-0.39, 0.29) is 5.78 Å². The van der Waals surface area contributed by atoms with Gasteiger partial charge in [0.1, 0.15) is 0 Å². The van der Waals surface area contributed by atoms with E-state index in [1.165, 1.54) is 0 Å². The van der Waals surface area contributed by atoms with Crippen LogP contribution in [0.15, 0.2) is 24.3 Å². The Morgan fingerprint density at radius 2 is 2.06 bits per heavy atom. The number of carbonyl (C=O) groups excluding carboxylic acids is 1. The van der Waals surface area contributed by atoms with Crippen molar-refractivity contribution in [2.75, 3.05) is 0 Å². The first kappa shape index (κ1) is 12.8. The summed E-state index contributed by atoms with van der Waals surface area (Å²) in [7, 11) is 1.84. The van der Waals surface area contributed by atoms with E-state index in [1.54, 1.807) is 10.7 Å². The van der Waals surface area contributed by atoms with Gasteiger partial charge in [-0.05, 0) is 31.5 Å². The van der Waals surface area contributed by atoms with Crippen molar-refractivity contribution >= 4 is 17.4 Å². The molecule has 0 N–H and O–H groups in total. The van der Waals surface area contributed by atoms with Crippen LogP contribution in [0.3, 0.4) is 0 Å². The largest absolute Gasteiger partial charge is 0.294 e. The number of aryl methyl sites for hydroxylation is 3. The molecule has 0 saturated carbocycles. The molecule has 0 amide bonds. The van der Waals surface area contributed by atoms with Crippen LogP contribution in [-0.4, -0.2) is 15.6 Å². The highest BCUT2D eigenvalue weighted by molar-refractivity contribution is 6.31. The van der Waals surface area contributed by atoms with Gasteiger partial charge in [-0.2, -0.15) is 5.10 Å². The molecule has 0 saturated heterocycles. The van der Waals surface area contributed by atoms with Crippen LogP contribution >= 0.6 is 11.6 Å². The summed E-state index contributed by atoms with van der Waals surface area (Å²) in [5.41, 5.74) is 3.45. The predicted octanol–water partition coefficient (Wildman–Crippen LogP) is 3.12. The van der Waals surface area contributed by atoms with E-state index >= 15 is 0 Å². The van der Waals surface area contributed by atoms with Gasteiger partial charge in [0.05, 0.1) is 12.1 Å². The molecule has 0 aliphatic rings. The molecule has 0 spiro atoms. The molecule has 2 aromatic rings. The average molecular weight is 263 g/mol. The van der Waals surface area contributed by atoms with Crippen LogP contribution in [-0.2, 0) is 13.5 Å². The molecule has 2 rings (SSSR count). The molecular formula is C14H15ClN2O. The molecule has 0 fully saturated rings. The summed E-state index contributed by atoms with van der Waals surface area (Å²) in [5, 5.41) is 4.85. The van der Waals surface area contributed by atoms with E-state index in [2.05, 4.69) is 5.10 Å². The normalized spacial score (nSPS) is 10.7. The Morgan fingerprint density at radius 1 is 1.33 bits per heavy atom. The van der Waals surface area contributed by atoms with E-state index in [0.29, 0.717) is 17.0 Å². The van der Waals surface area contributed by atoms with Crippen molar-refractivity contribution in [2.45, 2.75) is 20.3 Å². The lowest BCUT2D eigenvalue weighted by atomic mass is 10.0. The first-order chi connectivity index (χ1) is 8.47. The Balaban J connectivity index is 2.22. The Kier molecular flexibility index (Phi) is 3.53. The summed E-state index contributed by atoms with van der Waals surface area (Å²) in [5.74, 6) is 0.0555. The van der Waals surface area contributed by atoms with Crippen LogP contribution in [0.25, 0.3) is 0 Å². The van der Waals surface area contributed by atoms with Crippen LogP contribution < -0.4 is 0 Å². The summed E-state index contributed by atoms with van der Waals surface area (Å²) < 4.78 is 1.74. The molecule has 1 aromatic carbocycles. The summed E-state index contributed by atoms with van der Waals surface area (Å²) >= 11 is 6.03. The Bertz CT molecular complexity index is 602. The van der Waals surface area contributed by atoms with Crippen molar-refractivity contribution in [3.8, 4) is 0 Å². The van der Waals surface area contributed by atoms with E-state index < -0.39 is 0 Å².